The standard InChI is InChI=1S/C30H27NS/c1-3-8-21(9-4-1)18-22-16-17-31-28(19-22)27-13-7-12-26-25-15-14-24(20-29(25)32-30(26)27)23-10-5-2-6-11-23/h2,5-7,10-17,19-21H,1,3-4,8-9,18H2/i18D2. The summed E-state index contributed by atoms with van der Waals surface area (Å²) in [7, 11) is 0. The molecule has 0 radical (unpaired) electrons. The van der Waals surface area contributed by atoms with Gasteiger partial charge in [-0.3, -0.25) is 4.98 Å². The number of fused-ring (bicyclic) bond motifs is 3. The third kappa shape index (κ3) is 3.73. The van der Waals surface area contributed by atoms with Gasteiger partial charge >= 0.3 is 0 Å². The molecule has 6 rings (SSSR count). The summed E-state index contributed by atoms with van der Waals surface area (Å²) in [6.07, 6.45) is 5.90. The molecule has 1 nitrogen and oxygen atoms in total. The van der Waals surface area contributed by atoms with Crippen LogP contribution in [0.2, 0.25) is 0 Å². The molecule has 0 atom stereocenters. The Labute approximate surface area is 196 Å². The lowest BCUT2D eigenvalue weighted by Crippen LogP contribution is -2.09. The third-order valence-electron chi connectivity index (χ3n) is 6.62. The average molecular weight is 436 g/mol. The van der Waals surface area contributed by atoms with Crippen LogP contribution >= 0.6 is 11.3 Å². The maximum atomic E-state index is 8.92. The van der Waals surface area contributed by atoms with E-state index in [9.17, 15) is 0 Å². The number of nitrogens with zero attached hydrogens (tertiary/aromatic N) is 1. The Bertz CT molecular complexity index is 1470. The summed E-state index contributed by atoms with van der Waals surface area (Å²) in [5, 5.41) is 2.50. The van der Waals surface area contributed by atoms with E-state index in [-0.39, 0.29) is 5.92 Å². The second kappa shape index (κ2) is 8.52. The first-order valence-corrected chi connectivity index (χ1v) is 12.4. The Balaban J connectivity index is 1.44. The Morgan fingerprint density at radius 3 is 2.56 bits per heavy atom. The number of hydrogen-bond donors (Lipinski definition) is 0. The predicted molar refractivity (Wildman–Crippen MR) is 138 cm³/mol. The number of rotatable bonds is 4. The van der Waals surface area contributed by atoms with Gasteiger partial charge in [-0.2, -0.15) is 0 Å². The molecule has 3 aromatic carbocycles. The Morgan fingerprint density at radius 1 is 0.812 bits per heavy atom. The molecular formula is C30H27NS. The van der Waals surface area contributed by atoms with E-state index >= 15 is 0 Å². The van der Waals surface area contributed by atoms with Crippen LogP contribution in [0, 0.1) is 5.92 Å². The molecule has 2 aromatic heterocycles. The highest BCUT2D eigenvalue weighted by atomic mass is 32.1. The molecule has 2 heterocycles. The molecule has 0 spiro atoms. The van der Waals surface area contributed by atoms with Crippen LogP contribution in [0.4, 0.5) is 0 Å². The van der Waals surface area contributed by atoms with E-state index in [1.165, 1.54) is 37.7 Å². The van der Waals surface area contributed by atoms with Crippen molar-refractivity contribution in [1.29, 1.82) is 0 Å². The molecule has 32 heavy (non-hydrogen) atoms. The van der Waals surface area contributed by atoms with Crippen LogP contribution in [0.5, 0.6) is 0 Å². The topological polar surface area (TPSA) is 12.9 Å². The van der Waals surface area contributed by atoms with Crippen molar-refractivity contribution in [1.82, 2.24) is 4.98 Å². The van der Waals surface area contributed by atoms with Crippen LogP contribution in [0.1, 0.15) is 40.4 Å². The van der Waals surface area contributed by atoms with Crippen LogP contribution in [-0.4, -0.2) is 4.98 Å². The largest absolute Gasteiger partial charge is 0.256 e. The van der Waals surface area contributed by atoms with E-state index < -0.39 is 6.37 Å². The lowest BCUT2D eigenvalue weighted by Gasteiger charge is -2.21. The fourth-order valence-corrected chi connectivity index (χ4v) is 6.22. The van der Waals surface area contributed by atoms with Gasteiger partial charge in [0.2, 0.25) is 0 Å². The Morgan fingerprint density at radius 2 is 1.69 bits per heavy atom. The van der Waals surface area contributed by atoms with Crippen molar-refractivity contribution in [2.75, 3.05) is 0 Å². The van der Waals surface area contributed by atoms with Crippen molar-refractivity contribution in [3.63, 3.8) is 0 Å². The fraction of sp³-hybridized carbons (Fsp3) is 0.233. The normalized spacial score (nSPS) is 16.2. The molecule has 0 saturated heterocycles. The van der Waals surface area contributed by atoms with Gasteiger partial charge in [0.05, 0.1) is 5.69 Å². The monoisotopic (exact) mass is 435 g/mol. The molecule has 158 valence electrons. The highest BCUT2D eigenvalue weighted by Gasteiger charge is 2.16. The number of pyridine rings is 1. The summed E-state index contributed by atoms with van der Waals surface area (Å²) < 4.78 is 20.3. The van der Waals surface area contributed by atoms with Crippen LogP contribution in [0.3, 0.4) is 0 Å². The zero-order chi connectivity index (χ0) is 23.1. The van der Waals surface area contributed by atoms with Gasteiger partial charge < -0.3 is 0 Å². The minimum Gasteiger partial charge on any atom is -0.256 e. The van der Waals surface area contributed by atoms with Crippen molar-refractivity contribution >= 4 is 31.5 Å². The van der Waals surface area contributed by atoms with Gasteiger partial charge in [0, 0.05) is 34.7 Å². The first kappa shape index (κ1) is 17.6. The van der Waals surface area contributed by atoms with Gasteiger partial charge in [0.1, 0.15) is 0 Å². The van der Waals surface area contributed by atoms with Crippen molar-refractivity contribution in [3.8, 4) is 22.4 Å². The third-order valence-corrected chi connectivity index (χ3v) is 7.82. The molecule has 2 heteroatoms. The second-order valence-corrected chi connectivity index (χ2v) is 9.82. The summed E-state index contributed by atoms with van der Waals surface area (Å²) in [6.45, 7) is 0. The molecule has 1 aliphatic rings. The molecule has 5 aromatic rings. The van der Waals surface area contributed by atoms with Gasteiger partial charge in [-0.05, 0) is 47.2 Å². The Kier molecular flexibility index (Phi) is 4.68. The first-order valence-electron chi connectivity index (χ1n) is 12.6. The molecular weight excluding hydrogens is 406 g/mol. The summed E-state index contributed by atoms with van der Waals surface area (Å²) in [5.41, 5.74) is 5.15. The first-order chi connectivity index (χ1) is 16.6. The molecule has 0 aliphatic heterocycles. The van der Waals surface area contributed by atoms with Crippen LogP contribution in [-0.2, 0) is 6.37 Å². The molecule has 0 bridgehead atoms. The predicted octanol–water partition coefficient (Wildman–Crippen LogP) is 8.91. The van der Waals surface area contributed by atoms with Crippen molar-refractivity contribution in [3.05, 3.63) is 90.6 Å². The number of benzene rings is 3. The van der Waals surface area contributed by atoms with Gasteiger partial charge in [0.25, 0.3) is 0 Å². The summed E-state index contributed by atoms with van der Waals surface area (Å²) in [4.78, 5) is 4.69. The molecule has 0 N–H and O–H groups in total. The van der Waals surface area contributed by atoms with Crippen LogP contribution in [0.15, 0.2) is 85.1 Å². The number of aromatic nitrogens is 1. The van der Waals surface area contributed by atoms with Crippen LogP contribution < -0.4 is 0 Å². The van der Waals surface area contributed by atoms with Gasteiger partial charge in [-0.15, -0.1) is 11.3 Å². The Hall–Kier alpha value is -2.97. The number of hydrogen-bond acceptors (Lipinski definition) is 2. The van der Waals surface area contributed by atoms with E-state index in [1.807, 2.05) is 18.2 Å². The molecule has 1 fully saturated rings. The van der Waals surface area contributed by atoms with Gasteiger partial charge in [-0.1, -0.05) is 92.8 Å². The molecule has 0 amide bonds. The smallest absolute Gasteiger partial charge is 0.0719 e. The lowest BCUT2D eigenvalue weighted by atomic mass is 9.85. The summed E-state index contributed by atoms with van der Waals surface area (Å²) in [5.74, 6) is 0.0908. The van der Waals surface area contributed by atoms with Gasteiger partial charge in [-0.25, -0.2) is 0 Å². The van der Waals surface area contributed by atoms with Gasteiger partial charge in [0.15, 0.2) is 0 Å². The van der Waals surface area contributed by atoms with Crippen molar-refractivity contribution in [2.24, 2.45) is 5.92 Å². The van der Waals surface area contributed by atoms with Crippen molar-refractivity contribution in [2.45, 2.75) is 38.5 Å². The highest BCUT2D eigenvalue weighted by molar-refractivity contribution is 7.26. The number of thiophene rings is 1. The van der Waals surface area contributed by atoms with E-state index in [4.69, 9.17) is 7.73 Å². The van der Waals surface area contributed by atoms with E-state index in [2.05, 4.69) is 60.7 Å². The summed E-state index contributed by atoms with van der Waals surface area (Å²) in [6, 6.07) is 27.5. The lowest BCUT2D eigenvalue weighted by molar-refractivity contribution is 0.356. The quantitative estimate of drug-likeness (QED) is 0.274. The zero-order valence-electron chi connectivity index (χ0n) is 20.1. The highest BCUT2D eigenvalue weighted by Crippen LogP contribution is 2.41. The zero-order valence-corrected chi connectivity index (χ0v) is 18.9. The van der Waals surface area contributed by atoms with Crippen molar-refractivity contribution < 1.29 is 2.74 Å². The fourth-order valence-electron chi connectivity index (χ4n) is 4.96. The maximum Gasteiger partial charge on any atom is 0.0719 e. The average Bonchev–Trinajstić information content (AvgIpc) is 3.28. The minimum absolute atomic E-state index is 0.0908. The van der Waals surface area contributed by atoms with E-state index in [1.54, 1.807) is 17.5 Å². The minimum atomic E-state index is -1.32. The second-order valence-electron chi connectivity index (χ2n) is 8.77. The maximum absolute atomic E-state index is 8.92. The van der Waals surface area contributed by atoms with Crippen LogP contribution in [0.25, 0.3) is 42.6 Å². The molecule has 1 aliphatic carbocycles. The van der Waals surface area contributed by atoms with E-state index in [0.717, 1.165) is 42.5 Å². The molecule has 1 saturated carbocycles. The van der Waals surface area contributed by atoms with E-state index in [0.29, 0.717) is 0 Å². The SMILES string of the molecule is [2H]C([2H])(c1ccnc(-c2cccc3c2sc2cc(-c4ccccc4)ccc23)c1)C1CCCCC1. The molecule has 0 unspecified atom stereocenters. The summed E-state index contributed by atoms with van der Waals surface area (Å²) >= 11 is 1.80.